The van der Waals surface area contributed by atoms with E-state index in [1.165, 1.54) is 22.3 Å². The average molecular weight is 463 g/mol. The minimum Gasteiger partial charge on any atom is -0.481 e. The molecule has 5 rings (SSSR count). The van der Waals surface area contributed by atoms with Gasteiger partial charge in [0, 0.05) is 24.9 Å². The molecule has 2 saturated carbocycles. The number of carbonyl (C=O) groups is 3. The zero-order valence-corrected chi connectivity index (χ0v) is 19.0. The second-order valence-corrected chi connectivity index (χ2v) is 9.69. The van der Waals surface area contributed by atoms with Crippen LogP contribution >= 0.6 is 0 Å². The topological polar surface area (TPSA) is 105 Å². The van der Waals surface area contributed by atoms with Crippen molar-refractivity contribution in [2.24, 2.45) is 23.7 Å². The number of amides is 2. The lowest BCUT2D eigenvalue weighted by atomic mass is 9.96. The summed E-state index contributed by atoms with van der Waals surface area (Å²) in [6.45, 7) is 1.08. The van der Waals surface area contributed by atoms with Gasteiger partial charge in [-0.3, -0.25) is 9.59 Å². The van der Waals surface area contributed by atoms with Gasteiger partial charge in [-0.2, -0.15) is 0 Å². The van der Waals surface area contributed by atoms with Gasteiger partial charge in [0.2, 0.25) is 5.91 Å². The van der Waals surface area contributed by atoms with Crippen LogP contribution in [0, 0.1) is 23.7 Å². The van der Waals surface area contributed by atoms with Gasteiger partial charge in [-0.15, -0.1) is 0 Å². The molecule has 0 heterocycles. The van der Waals surface area contributed by atoms with E-state index in [9.17, 15) is 19.5 Å². The minimum atomic E-state index is -0.770. The Kier molecular flexibility index (Phi) is 6.26. The van der Waals surface area contributed by atoms with Gasteiger partial charge in [-0.05, 0) is 53.4 Å². The lowest BCUT2D eigenvalue weighted by Crippen LogP contribution is -2.35. The highest BCUT2D eigenvalue weighted by Gasteiger charge is 2.43. The molecule has 0 bridgehead atoms. The van der Waals surface area contributed by atoms with Crippen LogP contribution in [0.1, 0.15) is 42.7 Å². The normalized spacial score (nSPS) is 24.7. The van der Waals surface area contributed by atoms with E-state index in [-0.39, 0.29) is 42.1 Å². The standard InChI is InChI=1S/C27H30N2O5/c30-25(28-13-16-6-5-11-18(16)26(31)32)23-12-17(23)14-29-27(33)34-15-24-21-9-3-1-7-19(21)20-8-2-4-10-22(20)24/h1-4,7-10,16-18,23-24H,5-6,11-15H2,(H,28,30)(H,29,33)(H,31,32)/t16?,17-,18?,23-/m0/s1. The summed E-state index contributed by atoms with van der Waals surface area (Å²) in [6, 6.07) is 16.4. The molecule has 0 aromatic heterocycles. The van der Waals surface area contributed by atoms with Gasteiger partial charge in [0.05, 0.1) is 5.92 Å². The van der Waals surface area contributed by atoms with Gasteiger partial charge < -0.3 is 20.5 Å². The van der Waals surface area contributed by atoms with Crippen LogP contribution in [0.25, 0.3) is 11.1 Å². The van der Waals surface area contributed by atoms with Crippen molar-refractivity contribution in [3.8, 4) is 11.1 Å². The summed E-state index contributed by atoms with van der Waals surface area (Å²) in [5, 5.41) is 15.0. The van der Waals surface area contributed by atoms with Gasteiger partial charge >= 0.3 is 12.1 Å². The second kappa shape index (κ2) is 9.49. The largest absolute Gasteiger partial charge is 0.481 e. The van der Waals surface area contributed by atoms with Gasteiger partial charge in [-0.1, -0.05) is 55.0 Å². The molecule has 0 aliphatic heterocycles. The Morgan fingerprint density at radius 2 is 1.50 bits per heavy atom. The summed E-state index contributed by atoms with van der Waals surface area (Å²) in [6.07, 6.45) is 2.68. The lowest BCUT2D eigenvalue weighted by Gasteiger charge is -2.16. The zero-order valence-electron chi connectivity index (χ0n) is 19.0. The molecule has 7 heteroatoms. The van der Waals surface area contributed by atoms with Crippen molar-refractivity contribution in [3.05, 3.63) is 59.7 Å². The first-order chi connectivity index (χ1) is 16.5. The molecule has 2 aromatic rings. The molecule has 0 saturated heterocycles. The van der Waals surface area contributed by atoms with E-state index >= 15 is 0 Å². The summed E-state index contributed by atoms with van der Waals surface area (Å²) >= 11 is 0. The zero-order chi connectivity index (χ0) is 23.7. The predicted molar refractivity (Wildman–Crippen MR) is 126 cm³/mol. The highest BCUT2D eigenvalue weighted by molar-refractivity contribution is 5.82. The Morgan fingerprint density at radius 3 is 2.18 bits per heavy atom. The van der Waals surface area contributed by atoms with Crippen molar-refractivity contribution >= 4 is 18.0 Å². The molecular weight excluding hydrogens is 432 g/mol. The fraction of sp³-hybridized carbons (Fsp3) is 0.444. The van der Waals surface area contributed by atoms with Crippen LogP contribution < -0.4 is 10.6 Å². The maximum Gasteiger partial charge on any atom is 0.407 e. The van der Waals surface area contributed by atoms with Gasteiger partial charge in [0.25, 0.3) is 0 Å². The third-order valence-electron chi connectivity index (χ3n) is 7.63. The highest BCUT2D eigenvalue weighted by Crippen LogP contribution is 2.44. The number of fused-ring (bicyclic) bond motifs is 3. The van der Waals surface area contributed by atoms with Gasteiger partial charge in [-0.25, -0.2) is 4.79 Å². The molecule has 2 amide bonds. The number of rotatable bonds is 8. The molecule has 2 fully saturated rings. The number of benzene rings is 2. The molecule has 0 spiro atoms. The molecule has 2 aromatic carbocycles. The van der Waals surface area contributed by atoms with Gasteiger partial charge in [0.1, 0.15) is 6.61 Å². The summed E-state index contributed by atoms with van der Waals surface area (Å²) < 4.78 is 5.56. The van der Waals surface area contributed by atoms with E-state index in [2.05, 4.69) is 34.9 Å². The monoisotopic (exact) mass is 462 g/mol. The van der Waals surface area contributed by atoms with E-state index < -0.39 is 12.1 Å². The number of alkyl carbamates (subject to hydrolysis) is 1. The third-order valence-corrected chi connectivity index (χ3v) is 7.63. The first kappa shape index (κ1) is 22.4. The number of hydrogen-bond acceptors (Lipinski definition) is 4. The SMILES string of the molecule is O=C(NC[C@@H]1C[C@@H]1C(=O)NCC1CCCC1C(=O)O)OCC1c2ccccc2-c2ccccc21. The highest BCUT2D eigenvalue weighted by atomic mass is 16.5. The molecule has 3 aliphatic rings. The average Bonchev–Trinajstić information content (AvgIpc) is 3.34. The summed E-state index contributed by atoms with van der Waals surface area (Å²) in [5.41, 5.74) is 4.71. The van der Waals surface area contributed by atoms with Crippen LogP contribution in [-0.2, 0) is 14.3 Å². The fourth-order valence-electron chi connectivity index (χ4n) is 5.63. The Labute approximate surface area is 198 Å². The van der Waals surface area contributed by atoms with Crippen LogP contribution in [0.15, 0.2) is 48.5 Å². The van der Waals surface area contributed by atoms with Crippen molar-refractivity contribution in [3.63, 3.8) is 0 Å². The maximum absolute atomic E-state index is 12.4. The lowest BCUT2D eigenvalue weighted by molar-refractivity contribution is -0.143. The molecular formula is C27H30N2O5. The number of carboxylic acid groups (broad SMARTS) is 1. The van der Waals surface area contributed by atoms with Gasteiger partial charge in [0.15, 0.2) is 0 Å². The fourth-order valence-corrected chi connectivity index (χ4v) is 5.63. The number of nitrogens with one attached hydrogen (secondary N) is 2. The number of ether oxygens (including phenoxy) is 1. The number of carbonyl (C=O) groups excluding carboxylic acids is 2. The predicted octanol–water partition coefficient (Wildman–Crippen LogP) is 3.78. The van der Waals surface area contributed by atoms with Crippen LogP contribution in [0.3, 0.4) is 0 Å². The Balaban J connectivity index is 1.06. The molecule has 7 nitrogen and oxygen atoms in total. The third kappa shape index (κ3) is 4.52. The van der Waals surface area contributed by atoms with E-state index in [1.807, 2.05) is 24.3 Å². The van der Waals surface area contributed by atoms with Crippen LogP contribution in [0.2, 0.25) is 0 Å². The van der Waals surface area contributed by atoms with E-state index in [0.29, 0.717) is 19.5 Å². The summed E-state index contributed by atoms with van der Waals surface area (Å²) in [7, 11) is 0. The first-order valence-electron chi connectivity index (χ1n) is 12.1. The Hall–Kier alpha value is -3.35. The molecule has 34 heavy (non-hydrogen) atoms. The van der Waals surface area contributed by atoms with E-state index in [0.717, 1.165) is 19.3 Å². The smallest absolute Gasteiger partial charge is 0.407 e. The van der Waals surface area contributed by atoms with E-state index in [4.69, 9.17) is 4.74 Å². The quantitative estimate of drug-likeness (QED) is 0.554. The van der Waals surface area contributed by atoms with E-state index in [1.54, 1.807) is 0 Å². The molecule has 3 aliphatic carbocycles. The van der Waals surface area contributed by atoms with Crippen molar-refractivity contribution < 1.29 is 24.2 Å². The summed E-state index contributed by atoms with van der Waals surface area (Å²) in [4.78, 5) is 36.1. The summed E-state index contributed by atoms with van der Waals surface area (Å²) in [5.74, 6) is -1.17. The molecule has 2 unspecified atom stereocenters. The van der Waals surface area contributed by atoms with Crippen LogP contribution in [0.4, 0.5) is 4.79 Å². The van der Waals surface area contributed by atoms with Crippen molar-refractivity contribution in [2.75, 3.05) is 19.7 Å². The number of aliphatic carboxylic acids is 1. The molecule has 0 radical (unpaired) electrons. The molecule has 178 valence electrons. The van der Waals surface area contributed by atoms with Crippen molar-refractivity contribution in [1.82, 2.24) is 10.6 Å². The molecule has 4 atom stereocenters. The van der Waals surface area contributed by atoms with Crippen LogP contribution in [0.5, 0.6) is 0 Å². The first-order valence-corrected chi connectivity index (χ1v) is 12.1. The van der Waals surface area contributed by atoms with Crippen molar-refractivity contribution in [1.29, 1.82) is 0 Å². The molecule has 3 N–H and O–H groups in total. The second-order valence-electron chi connectivity index (χ2n) is 9.69. The maximum atomic E-state index is 12.4. The number of carboxylic acids is 1. The van der Waals surface area contributed by atoms with Crippen molar-refractivity contribution in [2.45, 2.75) is 31.6 Å². The van der Waals surface area contributed by atoms with Crippen LogP contribution in [-0.4, -0.2) is 42.8 Å². The Morgan fingerprint density at radius 1 is 0.853 bits per heavy atom. The minimum absolute atomic E-state index is 0.0117. The number of hydrogen-bond donors (Lipinski definition) is 3. The Bertz CT molecular complexity index is 1050.